The van der Waals surface area contributed by atoms with Gasteiger partial charge in [-0.05, 0) is 122 Å². The first-order valence-corrected chi connectivity index (χ1v) is 19.9. The van der Waals surface area contributed by atoms with Crippen molar-refractivity contribution in [1.82, 2.24) is 4.98 Å². The van der Waals surface area contributed by atoms with E-state index in [2.05, 4.69) is 101 Å². The van der Waals surface area contributed by atoms with Crippen LogP contribution in [0.3, 0.4) is 0 Å². The summed E-state index contributed by atoms with van der Waals surface area (Å²) in [5, 5.41) is 23.8. The molecule has 0 bridgehead atoms. The Bertz CT molecular complexity index is 2860. The molecule has 0 amide bonds. The van der Waals surface area contributed by atoms with Crippen molar-refractivity contribution in [2.75, 3.05) is 0 Å². The number of H-pyrrole nitrogens is 1. The summed E-state index contributed by atoms with van der Waals surface area (Å²) in [6.45, 7) is 4.00. The van der Waals surface area contributed by atoms with Gasteiger partial charge in [-0.15, -0.1) is 34.0 Å². The lowest BCUT2D eigenvalue weighted by Crippen LogP contribution is -1.91. The van der Waals surface area contributed by atoms with E-state index < -0.39 is 0 Å². The molecular formula is C45H34N2O2S3. The van der Waals surface area contributed by atoms with Crippen molar-refractivity contribution in [2.24, 2.45) is 0 Å². The summed E-state index contributed by atoms with van der Waals surface area (Å²) >= 11 is 5.29. The highest BCUT2D eigenvalue weighted by atomic mass is 32.1. The number of nitro benzene ring substituents is 1. The number of thiophene rings is 3. The first-order valence-electron chi connectivity index (χ1n) is 17.3. The van der Waals surface area contributed by atoms with E-state index in [1.807, 2.05) is 60.9 Å². The van der Waals surface area contributed by atoms with E-state index in [0.29, 0.717) is 5.56 Å². The molecule has 0 saturated heterocycles. The quantitative estimate of drug-likeness (QED) is 0.142. The monoisotopic (exact) mass is 730 g/mol. The summed E-state index contributed by atoms with van der Waals surface area (Å²) in [5.41, 5.74) is 9.98. The molecule has 0 unspecified atom stereocenters. The van der Waals surface area contributed by atoms with Gasteiger partial charge in [0.15, 0.2) is 0 Å². The molecule has 1 aliphatic carbocycles. The molecule has 11 rings (SSSR count). The summed E-state index contributed by atoms with van der Waals surface area (Å²) in [6, 6.07) is 45.5. The molecule has 6 aromatic carbocycles. The predicted octanol–water partition coefficient (Wildman–Crippen LogP) is 14.5. The number of hydrogen-bond donors (Lipinski definition) is 1. The molecule has 4 aromatic heterocycles. The first kappa shape index (κ1) is 33.5. The Kier molecular flexibility index (Phi) is 9.39. The van der Waals surface area contributed by atoms with Gasteiger partial charge in [0.2, 0.25) is 0 Å². The summed E-state index contributed by atoms with van der Waals surface area (Å²) in [6.07, 6.45) is 1.10. The van der Waals surface area contributed by atoms with Crippen LogP contribution >= 0.6 is 34.0 Å². The van der Waals surface area contributed by atoms with Crippen LogP contribution in [-0.4, -0.2) is 9.91 Å². The van der Waals surface area contributed by atoms with Crippen LogP contribution in [-0.2, 0) is 6.42 Å². The Hall–Kier alpha value is -5.60. The van der Waals surface area contributed by atoms with Gasteiger partial charge in [0.25, 0.3) is 5.69 Å². The minimum absolute atomic E-state index is 0.145. The highest BCUT2D eigenvalue weighted by molar-refractivity contribution is 7.17. The molecule has 0 saturated carbocycles. The number of aromatic amines is 1. The van der Waals surface area contributed by atoms with E-state index in [0.717, 1.165) is 17.4 Å². The van der Waals surface area contributed by atoms with Gasteiger partial charge in [-0.2, -0.15) is 0 Å². The predicted molar refractivity (Wildman–Crippen MR) is 227 cm³/mol. The van der Waals surface area contributed by atoms with Crippen LogP contribution in [0.15, 0.2) is 150 Å². The zero-order valence-electron chi connectivity index (χ0n) is 28.6. The second kappa shape index (κ2) is 14.6. The minimum atomic E-state index is -0.340. The SMILES string of the molecule is CC.O=[N+]([O-])c1ccccc1-c1ccc2sccc2c1.c1ccc2c(c1)Cc1cc3sccc3cc1-2.c1ccc2c(c1)[nH]c1c3ccsc3ccc21. The average Bonchev–Trinajstić information content (AvgIpc) is 4.04. The summed E-state index contributed by atoms with van der Waals surface area (Å²) in [5.74, 6) is 0. The highest BCUT2D eigenvalue weighted by Gasteiger charge is 2.18. The number of para-hydroxylation sites is 2. The highest BCUT2D eigenvalue weighted by Crippen LogP contribution is 2.40. The Morgan fingerprint density at radius 1 is 0.558 bits per heavy atom. The Labute approximate surface area is 313 Å². The molecule has 0 aliphatic heterocycles. The van der Waals surface area contributed by atoms with Crippen LogP contribution in [0.1, 0.15) is 25.0 Å². The van der Waals surface area contributed by atoms with Gasteiger partial charge in [0.05, 0.1) is 16.0 Å². The van der Waals surface area contributed by atoms with E-state index in [1.165, 1.54) is 75.0 Å². The summed E-state index contributed by atoms with van der Waals surface area (Å²) in [7, 11) is 0. The smallest absolute Gasteiger partial charge is 0.277 e. The molecule has 254 valence electrons. The molecule has 7 heteroatoms. The zero-order valence-corrected chi connectivity index (χ0v) is 31.1. The summed E-state index contributed by atoms with van der Waals surface area (Å²) < 4.78 is 3.95. The lowest BCUT2D eigenvalue weighted by molar-refractivity contribution is -0.384. The number of benzene rings is 6. The molecule has 0 atom stereocenters. The lowest BCUT2D eigenvalue weighted by atomic mass is 10.0. The van der Waals surface area contributed by atoms with Crippen molar-refractivity contribution in [3.05, 3.63) is 171 Å². The molecule has 1 aliphatic rings. The van der Waals surface area contributed by atoms with Crippen LogP contribution in [0.5, 0.6) is 0 Å². The van der Waals surface area contributed by atoms with E-state index in [4.69, 9.17) is 0 Å². The summed E-state index contributed by atoms with van der Waals surface area (Å²) in [4.78, 5) is 14.2. The van der Waals surface area contributed by atoms with Crippen LogP contribution < -0.4 is 0 Å². The van der Waals surface area contributed by atoms with Crippen molar-refractivity contribution < 1.29 is 4.92 Å². The van der Waals surface area contributed by atoms with Gasteiger partial charge < -0.3 is 4.98 Å². The van der Waals surface area contributed by atoms with Crippen LogP contribution in [0, 0.1) is 10.1 Å². The number of nitrogens with zero attached hydrogens (tertiary/aromatic N) is 1. The Morgan fingerprint density at radius 3 is 2.08 bits per heavy atom. The van der Waals surface area contributed by atoms with Gasteiger partial charge in [0.1, 0.15) is 0 Å². The van der Waals surface area contributed by atoms with Gasteiger partial charge in [-0.1, -0.05) is 80.6 Å². The maximum atomic E-state index is 11.0. The topological polar surface area (TPSA) is 58.9 Å². The fourth-order valence-electron chi connectivity index (χ4n) is 6.97. The van der Waals surface area contributed by atoms with E-state index in [-0.39, 0.29) is 10.6 Å². The van der Waals surface area contributed by atoms with Crippen LogP contribution in [0.4, 0.5) is 5.69 Å². The van der Waals surface area contributed by atoms with E-state index in [9.17, 15) is 10.1 Å². The standard InChI is InChI=1S/C15H10S.C14H9NO2S.C14H9NS.C2H6/c1-2-4-13-10(3-1)7-12-9-15-11(5-6-16-15)8-14(12)13;16-15(17)13-4-2-1-3-12(13)10-5-6-14-11(9-10)7-8-18-14;1-2-4-12-9(3-1)10-5-6-13-11(7-8-16-13)14(10)15-12;1-2/h1-6,8-9H,7H2;1-9H;1-8,15H;1-2H3. The third kappa shape index (κ3) is 6.28. The molecule has 10 aromatic rings. The number of hydrogen-bond acceptors (Lipinski definition) is 5. The molecule has 0 radical (unpaired) electrons. The average molecular weight is 731 g/mol. The first-order chi connectivity index (χ1) is 25.6. The number of aromatic nitrogens is 1. The molecule has 0 spiro atoms. The van der Waals surface area contributed by atoms with Gasteiger partial charge in [-0.3, -0.25) is 10.1 Å². The Balaban J connectivity index is 0.000000109. The molecule has 1 N–H and O–H groups in total. The van der Waals surface area contributed by atoms with Crippen molar-refractivity contribution in [3.63, 3.8) is 0 Å². The van der Waals surface area contributed by atoms with Gasteiger partial charge in [-0.25, -0.2) is 0 Å². The fraction of sp³-hybridized carbons (Fsp3) is 0.0667. The molecule has 4 nitrogen and oxygen atoms in total. The van der Waals surface area contributed by atoms with Crippen molar-refractivity contribution in [3.8, 4) is 22.3 Å². The van der Waals surface area contributed by atoms with Gasteiger partial charge >= 0.3 is 0 Å². The lowest BCUT2D eigenvalue weighted by Gasteiger charge is -2.03. The fourth-order valence-corrected chi connectivity index (χ4v) is 9.37. The Morgan fingerprint density at radius 2 is 1.23 bits per heavy atom. The van der Waals surface area contributed by atoms with Crippen molar-refractivity contribution in [2.45, 2.75) is 20.3 Å². The normalized spacial score (nSPS) is 11.3. The number of nitrogens with one attached hydrogen (secondary N) is 1. The third-order valence-electron chi connectivity index (χ3n) is 9.34. The van der Waals surface area contributed by atoms with Crippen molar-refractivity contribution in [1.29, 1.82) is 0 Å². The maximum absolute atomic E-state index is 11.0. The van der Waals surface area contributed by atoms with Crippen molar-refractivity contribution >= 4 is 91.8 Å². The molecular weight excluding hydrogens is 697 g/mol. The molecule has 52 heavy (non-hydrogen) atoms. The van der Waals surface area contributed by atoms with Crippen LogP contribution in [0.25, 0.3) is 74.3 Å². The molecule has 0 fully saturated rings. The maximum Gasteiger partial charge on any atom is 0.277 e. The van der Waals surface area contributed by atoms with Gasteiger partial charge in [0, 0.05) is 41.8 Å². The largest absolute Gasteiger partial charge is 0.354 e. The van der Waals surface area contributed by atoms with Crippen LogP contribution in [0.2, 0.25) is 0 Å². The van der Waals surface area contributed by atoms with E-state index >= 15 is 0 Å². The second-order valence-electron chi connectivity index (χ2n) is 12.2. The number of nitro groups is 1. The third-order valence-corrected chi connectivity index (χ3v) is 12.0. The van der Waals surface area contributed by atoms with E-state index in [1.54, 1.807) is 34.8 Å². The second-order valence-corrected chi connectivity index (χ2v) is 15.1. The minimum Gasteiger partial charge on any atom is -0.354 e. The zero-order chi connectivity index (χ0) is 35.6. The number of fused-ring (bicyclic) bond motifs is 10. The molecule has 4 heterocycles. The number of rotatable bonds is 2.